The van der Waals surface area contributed by atoms with Gasteiger partial charge >= 0.3 is 0 Å². The van der Waals surface area contributed by atoms with Crippen LogP contribution < -0.4 is 0 Å². The van der Waals surface area contributed by atoms with Crippen LogP contribution in [0.25, 0.3) is 0 Å². The van der Waals surface area contributed by atoms with Crippen molar-refractivity contribution in [2.45, 2.75) is 84.2 Å². The largest absolute Gasteiger partial charge is 0.381 e. The van der Waals surface area contributed by atoms with E-state index >= 15 is 0 Å². The normalized spacial score (nSPS) is 42.4. The molecule has 3 saturated carbocycles. The molecule has 2 heteroatoms. The first-order valence-electron chi connectivity index (χ1n) is 10.2. The summed E-state index contributed by atoms with van der Waals surface area (Å²) < 4.78 is 11.8. The highest BCUT2D eigenvalue weighted by Gasteiger charge is 2.39. The summed E-state index contributed by atoms with van der Waals surface area (Å²) in [6.45, 7) is 6.73. The maximum Gasteiger partial charge on any atom is 0.0571 e. The summed E-state index contributed by atoms with van der Waals surface area (Å²) in [5.41, 5.74) is 0.468. The van der Waals surface area contributed by atoms with Crippen molar-refractivity contribution >= 4 is 0 Å². The fourth-order valence-electron chi connectivity index (χ4n) is 5.86. The van der Waals surface area contributed by atoms with Crippen LogP contribution in [0.5, 0.6) is 0 Å². The molecule has 3 aliphatic carbocycles. The maximum absolute atomic E-state index is 6.27. The van der Waals surface area contributed by atoms with E-state index in [1.54, 1.807) is 0 Å². The fraction of sp³-hybridized carbons (Fsp3) is 1.00. The second-order valence-electron chi connectivity index (χ2n) is 9.35. The first kappa shape index (κ1) is 17.7. The molecule has 2 nitrogen and oxygen atoms in total. The average molecular weight is 323 g/mol. The molecule has 0 spiro atoms. The van der Waals surface area contributed by atoms with Crippen LogP contribution in [0.15, 0.2) is 0 Å². The Labute approximate surface area is 143 Å². The van der Waals surface area contributed by atoms with Gasteiger partial charge in [0.05, 0.1) is 12.7 Å². The third-order valence-corrected chi connectivity index (χ3v) is 7.19. The summed E-state index contributed by atoms with van der Waals surface area (Å²) in [5.74, 6) is 3.57. The van der Waals surface area contributed by atoms with E-state index in [0.29, 0.717) is 11.5 Å². The molecular weight excluding hydrogens is 284 g/mol. The van der Waals surface area contributed by atoms with Gasteiger partial charge in [0.15, 0.2) is 0 Å². The Kier molecular flexibility index (Phi) is 6.07. The Morgan fingerprint density at radius 1 is 1.00 bits per heavy atom. The molecule has 0 aromatic carbocycles. The van der Waals surface area contributed by atoms with E-state index in [1.807, 2.05) is 7.11 Å². The van der Waals surface area contributed by atoms with Crippen molar-refractivity contribution in [3.8, 4) is 0 Å². The average Bonchev–Trinajstić information content (AvgIpc) is 2.54. The molecule has 0 aromatic heterocycles. The van der Waals surface area contributed by atoms with E-state index in [4.69, 9.17) is 9.47 Å². The van der Waals surface area contributed by atoms with Crippen LogP contribution in [0.1, 0.15) is 78.1 Å². The van der Waals surface area contributed by atoms with Crippen molar-refractivity contribution in [2.75, 3.05) is 20.3 Å². The summed E-state index contributed by atoms with van der Waals surface area (Å²) in [7, 11) is 1.85. The van der Waals surface area contributed by atoms with Crippen LogP contribution in [-0.4, -0.2) is 26.4 Å². The van der Waals surface area contributed by atoms with Crippen LogP contribution in [-0.2, 0) is 9.47 Å². The van der Waals surface area contributed by atoms with Gasteiger partial charge < -0.3 is 9.47 Å². The van der Waals surface area contributed by atoms with Crippen molar-refractivity contribution in [3.05, 3.63) is 0 Å². The van der Waals surface area contributed by atoms with E-state index in [1.165, 1.54) is 64.2 Å². The fourth-order valence-corrected chi connectivity index (χ4v) is 5.86. The minimum atomic E-state index is 0.428. The standard InChI is InChI=1S/C21H38O2/c1-16(22-3)20-9-7-17(8-10-20)14-23-15-21(2)12-18-5-4-6-19(11-18)13-21/h16-20H,4-15H2,1-3H3/t16-,17?,18?,19?,20?,21?/m1/s1. The van der Waals surface area contributed by atoms with Crippen molar-refractivity contribution in [2.24, 2.45) is 29.1 Å². The summed E-state index contributed by atoms with van der Waals surface area (Å²) in [6, 6.07) is 0. The van der Waals surface area contributed by atoms with Gasteiger partial charge in [0, 0.05) is 13.7 Å². The van der Waals surface area contributed by atoms with Crippen LogP contribution in [0, 0.1) is 29.1 Å². The molecule has 0 radical (unpaired) electrons. The van der Waals surface area contributed by atoms with E-state index in [2.05, 4.69) is 13.8 Å². The van der Waals surface area contributed by atoms with Gasteiger partial charge in [0.1, 0.15) is 0 Å². The quantitative estimate of drug-likeness (QED) is 0.647. The number of hydrogen-bond acceptors (Lipinski definition) is 2. The summed E-state index contributed by atoms with van der Waals surface area (Å²) in [6.07, 6.45) is 14.5. The molecule has 23 heavy (non-hydrogen) atoms. The highest BCUT2D eigenvalue weighted by Crippen LogP contribution is 2.48. The highest BCUT2D eigenvalue weighted by atomic mass is 16.5. The maximum atomic E-state index is 6.27. The molecule has 0 N–H and O–H groups in total. The Hall–Kier alpha value is -0.0800. The van der Waals surface area contributed by atoms with Gasteiger partial charge in [-0.15, -0.1) is 0 Å². The first-order valence-corrected chi connectivity index (χ1v) is 10.2. The van der Waals surface area contributed by atoms with E-state index in [9.17, 15) is 0 Å². The zero-order valence-electron chi connectivity index (χ0n) is 15.7. The molecule has 3 aliphatic rings. The molecule has 0 aliphatic heterocycles. The highest BCUT2D eigenvalue weighted by molar-refractivity contribution is 4.90. The van der Waals surface area contributed by atoms with Crippen molar-refractivity contribution in [3.63, 3.8) is 0 Å². The second-order valence-corrected chi connectivity index (χ2v) is 9.35. The van der Waals surface area contributed by atoms with Gasteiger partial charge in [0.25, 0.3) is 0 Å². The smallest absolute Gasteiger partial charge is 0.0571 e. The topological polar surface area (TPSA) is 18.5 Å². The van der Waals surface area contributed by atoms with Crippen LogP contribution in [0.3, 0.4) is 0 Å². The SMILES string of the molecule is CO[C@H](C)C1CCC(COCC2(C)CC3CCCC(C3)C2)CC1. The van der Waals surface area contributed by atoms with Crippen molar-refractivity contribution in [1.29, 1.82) is 0 Å². The molecule has 0 aromatic rings. The molecule has 0 heterocycles. The second kappa shape index (κ2) is 7.87. The molecule has 134 valence electrons. The lowest BCUT2D eigenvalue weighted by atomic mass is 9.62. The number of methoxy groups -OCH3 is 1. The summed E-state index contributed by atoms with van der Waals surface area (Å²) >= 11 is 0. The number of fused-ring (bicyclic) bond motifs is 2. The van der Waals surface area contributed by atoms with Crippen LogP contribution in [0.2, 0.25) is 0 Å². The Balaban J connectivity index is 1.37. The third kappa shape index (κ3) is 4.72. The lowest BCUT2D eigenvalue weighted by Crippen LogP contribution is -2.37. The van der Waals surface area contributed by atoms with Crippen molar-refractivity contribution in [1.82, 2.24) is 0 Å². The molecule has 3 fully saturated rings. The molecule has 2 bridgehead atoms. The van der Waals surface area contributed by atoms with Gasteiger partial charge in [-0.3, -0.25) is 0 Å². The Morgan fingerprint density at radius 3 is 2.26 bits per heavy atom. The number of hydrogen-bond donors (Lipinski definition) is 0. The molecule has 3 rings (SSSR count). The zero-order valence-corrected chi connectivity index (χ0v) is 15.7. The van der Waals surface area contributed by atoms with Crippen LogP contribution in [0.4, 0.5) is 0 Å². The minimum Gasteiger partial charge on any atom is -0.381 e. The van der Waals surface area contributed by atoms with Gasteiger partial charge in [-0.2, -0.15) is 0 Å². The number of rotatable bonds is 6. The lowest BCUT2D eigenvalue weighted by Gasteiger charge is -2.45. The molecule has 3 atom stereocenters. The van der Waals surface area contributed by atoms with Gasteiger partial charge in [-0.25, -0.2) is 0 Å². The molecule has 0 saturated heterocycles. The number of ether oxygens (including phenoxy) is 2. The van der Waals surface area contributed by atoms with Gasteiger partial charge in [-0.05, 0) is 81.0 Å². The monoisotopic (exact) mass is 322 g/mol. The third-order valence-electron chi connectivity index (χ3n) is 7.19. The van der Waals surface area contributed by atoms with Gasteiger partial charge in [-0.1, -0.05) is 26.2 Å². The predicted molar refractivity (Wildman–Crippen MR) is 95.5 cm³/mol. The minimum absolute atomic E-state index is 0.428. The Morgan fingerprint density at radius 2 is 1.65 bits per heavy atom. The summed E-state index contributed by atoms with van der Waals surface area (Å²) in [5, 5.41) is 0. The molecule has 2 unspecified atom stereocenters. The first-order chi connectivity index (χ1) is 11.1. The van der Waals surface area contributed by atoms with E-state index in [0.717, 1.165) is 36.9 Å². The summed E-state index contributed by atoms with van der Waals surface area (Å²) in [4.78, 5) is 0. The van der Waals surface area contributed by atoms with Crippen LogP contribution >= 0.6 is 0 Å². The zero-order chi connectivity index (χ0) is 16.3. The molecular formula is C21H38O2. The Bertz CT molecular complexity index is 347. The van der Waals surface area contributed by atoms with Gasteiger partial charge in [0.2, 0.25) is 0 Å². The lowest BCUT2D eigenvalue weighted by molar-refractivity contribution is -0.0323. The molecule has 0 amide bonds. The van der Waals surface area contributed by atoms with E-state index in [-0.39, 0.29) is 0 Å². The predicted octanol–water partition coefficient (Wildman–Crippen LogP) is 5.45. The van der Waals surface area contributed by atoms with Crippen molar-refractivity contribution < 1.29 is 9.47 Å². The van der Waals surface area contributed by atoms with E-state index < -0.39 is 0 Å².